The minimum atomic E-state index is 0.153. The molecule has 0 unspecified atom stereocenters. The Morgan fingerprint density at radius 1 is 1.47 bits per heavy atom. The minimum absolute atomic E-state index is 0.153. The highest BCUT2D eigenvalue weighted by atomic mass is 16.1. The topological polar surface area (TPSA) is 29.1 Å². The Bertz CT molecular complexity index is 360. The summed E-state index contributed by atoms with van der Waals surface area (Å²) in [6.45, 7) is 0. The maximum absolute atomic E-state index is 11.4. The molecule has 0 aromatic heterocycles. The van der Waals surface area contributed by atoms with Crippen molar-refractivity contribution in [2.24, 2.45) is 0 Å². The van der Waals surface area contributed by atoms with Crippen LogP contribution in [0.1, 0.15) is 24.8 Å². The number of hydrogen-bond donors (Lipinski definition) is 1. The lowest BCUT2D eigenvalue weighted by atomic mass is 9.93. The van der Waals surface area contributed by atoms with Gasteiger partial charge in [0.25, 0.3) is 0 Å². The molecule has 0 aliphatic heterocycles. The molecule has 0 heterocycles. The van der Waals surface area contributed by atoms with E-state index in [4.69, 9.17) is 7.85 Å². The normalized spacial score (nSPS) is 14.9. The monoisotopic (exact) mass is 199 g/mol. The zero-order valence-electron chi connectivity index (χ0n) is 8.70. The summed E-state index contributed by atoms with van der Waals surface area (Å²) in [7, 11) is 5.66. The number of hydrogen-bond acceptors (Lipinski definition) is 1. The smallest absolute Gasteiger partial charge is 0.220 e. The Kier molecular flexibility index (Phi) is 3.09. The largest absolute Gasteiger partial charge is 0.353 e. The molecule has 0 bridgehead atoms. The van der Waals surface area contributed by atoms with Crippen molar-refractivity contribution < 1.29 is 4.79 Å². The second kappa shape index (κ2) is 4.52. The first-order chi connectivity index (χ1) is 7.24. The van der Waals surface area contributed by atoms with Gasteiger partial charge in [0.2, 0.25) is 5.91 Å². The molecule has 1 aliphatic carbocycles. The Morgan fingerprint density at radius 3 is 2.93 bits per heavy atom. The number of benzene rings is 1. The van der Waals surface area contributed by atoms with Crippen LogP contribution in [-0.2, 0) is 11.2 Å². The molecule has 1 aromatic carbocycles. The van der Waals surface area contributed by atoms with Crippen molar-refractivity contribution in [2.75, 3.05) is 0 Å². The number of aryl methyl sites for hydroxylation is 1. The number of carbonyl (C=O) groups is 1. The molecular weight excluding hydrogens is 185 g/mol. The highest BCUT2D eigenvalue weighted by molar-refractivity contribution is 6.32. The zero-order valence-corrected chi connectivity index (χ0v) is 8.70. The molecule has 2 nitrogen and oxygen atoms in total. The van der Waals surface area contributed by atoms with Gasteiger partial charge < -0.3 is 5.32 Å². The van der Waals surface area contributed by atoms with Crippen molar-refractivity contribution >= 4 is 19.2 Å². The van der Waals surface area contributed by atoms with Gasteiger partial charge in [0.15, 0.2) is 0 Å². The third-order valence-corrected chi connectivity index (χ3v) is 2.53. The van der Waals surface area contributed by atoms with Crippen molar-refractivity contribution in [3.63, 3.8) is 0 Å². The van der Waals surface area contributed by atoms with Crippen molar-refractivity contribution in [2.45, 2.75) is 31.7 Å². The van der Waals surface area contributed by atoms with Crippen LogP contribution < -0.4 is 10.8 Å². The van der Waals surface area contributed by atoms with E-state index >= 15 is 0 Å². The van der Waals surface area contributed by atoms with Gasteiger partial charge in [-0.1, -0.05) is 29.7 Å². The van der Waals surface area contributed by atoms with Gasteiger partial charge in [-0.05, 0) is 24.8 Å². The second-order valence-corrected chi connectivity index (χ2v) is 4.09. The van der Waals surface area contributed by atoms with E-state index in [0.29, 0.717) is 12.5 Å². The first-order valence-corrected chi connectivity index (χ1v) is 5.38. The Balaban J connectivity index is 1.78. The van der Waals surface area contributed by atoms with Crippen LogP contribution in [0.4, 0.5) is 0 Å². The van der Waals surface area contributed by atoms with Gasteiger partial charge in [-0.15, -0.1) is 0 Å². The molecule has 1 fully saturated rings. The van der Waals surface area contributed by atoms with Crippen molar-refractivity contribution in [1.29, 1.82) is 0 Å². The first-order valence-electron chi connectivity index (χ1n) is 5.38. The number of rotatable bonds is 4. The van der Waals surface area contributed by atoms with E-state index in [1.807, 2.05) is 24.3 Å². The van der Waals surface area contributed by atoms with Crippen LogP contribution in [0.2, 0.25) is 0 Å². The lowest BCUT2D eigenvalue weighted by Crippen LogP contribution is -2.25. The Labute approximate surface area is 91.5 Å². The summed E-state index contributed by atoms with van der Waals surface area (Å²) in [5.74, 6) is 0.153. The molecule has 1 aliphatic rings. The number of carbonyl (C=O) groups excluding carboxylic acids is 1. The van der Waals surface area contributed by atoms with Crippen molar-refractivity contribution in [3.8, 4) is 0 Å². The molecule has 1 saturated carbocycles. The fraction of sp³-hybridized carbons (Fsp3) is 0.417. The van der Waals surface area contributed by atoms with Crippen LogP contribution in [0.15, 0.2) is 24.3 Å². The van der Waals surface area contributed by atoms with E-state index in [1.54, 1.807) is 0 Å². The second-order valence-electron chi connectivity index (χ2n) is 4.09. The van der Waals surface area contributed by atoms with Gasteiger partial charge >= 0.3 is 0 Å². The lowest BCUT2D eigenvalue weighted by Gasteiger charge is -2.04. The van der Waals surface area contributed by atoms with Crippen LogP contribution in [0.25, 0.3) is 0 Å². The SMILES string of the molecule is [B]c1cccc(CCC(=O)NC2CC2)c1. The third-order valence-electron chi connectivity index (χ3n) is 2.53. The van der Waals surface area contributed by atoms with Crippen LogP contribution in [-0.4, -0.2) is 19.8 Å². The average Bonchev–Trinajstić information content (AvgIpc) is 2.99. The van der Waals surface area contributed by atoms with Crippen LogP contribution in [0.3, 0.4) is 0 Å². The van der Waals surface area contributed by atoms with Crippen molar-refractivity contribution in [1.82, 2.24) is 5.32 Å². The molecule has 3 heteroatoms. The zero-order chi connectivity index (χ0) is 10.7. The fourth-order valence-electron chi connectivity index (χ4n) is 1.53. The highest BCUT2D eigenvalue weighted by Gasteiger charge is 2.22. The summed E-state index contributed by atoms with van der Waals surface area (Å²) in [5, 5.41) is 2.97. The van der Waals surface area contributed by atoms with Crippen LogP contribution in [0, 0.1) is 0 Å². The first kappa shape index (κ1) is 10.3. The predicted octanol–water partition coefficient (Wildman–Crippen LogP) is 0.692. The van der Waals surface area contributed by atoms with E-state index in [1.165, 1.54) is 0 Å². The molecule has 1 N–H and O–H groups in total. The summed E-state index contributed by atoms with van der Waals surface area (Å²) >= 11 is 0. The molecule has 1 aromatic rings. The van der Waals surface area contributed by atoms with Crippen LogP contribution in [0.5, 0.6) is 0 Å². The maximum atomic E-state index is 11.4. The van der Waals surface area contributed by atoms with E-state index in [0.717, 1.165) is 30.3 Å². The molecule has 2 rings (SSSR count). The van der Waals surface area contributed by atoms with E-state index in [-0.39, 0.29) is 5.91 Å². The lowest BCUT2D eigenvalue weighted by molar-refractivity contribution is -0.121. The summed E-state index contributed by atoms with van der Waals surface area (Å²) in [4.78, 5) is 11.4. The van der Waals surface area contributed by atoms with Gasteiger partial charge in [0.1, 0.15) is 7.85 Å². The van der Waals surface area contributed by atoms with Gasteiger partial charge in [0, 0.05) is 12.5 Å². The van der Waals surface area contributed by atoms with Gasteiger partial charge in [-0.3, -0.25) is 4.79 Å². The summed E-state index contributed by atoms with van der Waals surface area (Å²) < 4.78 is 0. The predicted molar refractivity (Wildman–Crippen MR) is 61.3 cm³/mol. The molecule has 2 radical (unpaired) electrons. The third kappa shape index (κ3) is 3.42. The highest BCUT2D eigenvalue weighted by Crippen LogP contribution is 2.18. The molecule has 76 valence electrons. The number of amides is 1. The quantitative estimate of drug-likeness (QED) is 0.710. The molecule has 0 saturated heterocycles. The Morgan fingerprint density at radius 2 is 2.27 bits per heavy atom. The molecule has 0 atom stereocenters. The van der Waals surface area contributed by atoms with E-state index < -0.39 is 0 Å². The van der Waals surface area contributed by atoms with Gasteiger partial charge in [0.05, 0.1) is 0 Å². The standard InChI is InChI=1S/C12H14BNO/c13-10-3-1-2-9(8-10)4-7-12(15)14-11-5-6-11/h1-3,8,11H,4-7H2,(H,14,15). The fourth-order valence-corrected chi connectivity index (χ4v) is 1.53. The minimum Gasteiger partial charge on any atom is -0.353 e. The summed E-state index contributed by atoms with van der Waals surface area (Å²) in [6.07, 6.45) is 3.61. The summed E-state index contributed by atoms with van der Waals surface area (Å²) in [6, 6.07) is 8.15. The van der Waals surface area contributed by atoms with Crippen molar-refractivity contribution in [3.05, 3.63) is 29.8 Å². The van der Waals surface area contributed by atoms with E-state index in [9.17, 15) is 4.79 Å². The van der Waals surface area contributed by atoms with E-state index in [2.05, 4.69) is 5.32 Å². The molecular formula is C12H14BNO. The Hall–Kier alpha value is -1.25. The van der Waals surface area contributed by atoms with Crippen LogP contribution >= 0.6 is 0 Å². The number of nitrogens with one attached hydrogen (secondary N) is 1. The van der Waals surface area contributed by atoms with Gasteiger partial charge in [-0.25, -0.2) is 0 Å². The maximum Gasteiger partial charge on any atom is 0.220 e. The summed E-state index contributed by atoms with van der Waals surface area (Å²) in [5.41, 5.74) is 1.89. The molecule has 15 heavy (non-hydrogen) atoms. The average molecular weight is 199 g/mol. The molecule has 0 spiro atoms. The molecule has 1 amide bonds. The van der Waals surface area contributed by atoms with Gasteiger partial charge in [-0.2, -0.15) is 0 Å².